The lowest BCUT2D eigenvalue weighted by molar-refractivity contribution is 0.0600. The summed E-state index contributed by atoms with van der Waals surface area (Å²) in [5, 5.41) is 0. The van der Waals surface area contributed by atoms with Gasteiger partial charge >= 0.3 is 5.97 Å². The van der Waals surface area contributed by atoms with Crippen molar-refractivity contribution < 1.29 is 17.9 Å². The third-order valence-corrected chi connectivity index (χ3v) is 4.89. The third-order valence-electron chi connectivity index (χ3n) is 3.62. The van der Waals surface area contributed by atoms with Gasteiger partial charge in [0.05, 0.1) is 18.9 Å². The van der Waals surface area contributed by atoms with E-state index in [9.17, 15) is 13.2 Å². The standard InChI is InChI=1S/C14H19NO4S/c1-19-14(16)13-5-3-11(4-6-13)9-12-7-8-15(10-12)20(2,17)18/h3-6,12H,7-10H2,1-2H3. The first-order valence-electron chi connectivity index (χ1n) is 6.52. The molecule has 0 N–H and O–H groups in total. The summed E-state index contributed by atoms with van der Waals surface area (Å²) < 4.78 is 29.1. The van der Waals surface area contributed by atoms with E-state index in [0.717, 1.165) is 18.4 Å². The summed E-state index contributed by atoms with van der Waals surface area (Å²) in [6, 6.07) is 7.28. The molecule has 0 saturated carbocycles. The van der Waals surface area contributed by atoms with Crippen molar-refractivity contribution in [1.29, 1.82) is 0 Å². The zero-order valence-corrected chi connectivity index (χ0v) is 12.5. The molecule has 0 aromatic heterocycles. The topological polar surface area (TPSA) is 63.7 Å². The number of carbonyl (C=O) groups is 1. The lowest BCUT2D eigenvalue weighted by Gasteiger charge is -2.13. The van der Waals surface area contributed by atoms with Gasteiger partial charge in [-0.25, -0.2) is 17.5 Å². The largest absolute Gasteiger partial charge is 0.465 e. The van der Waals surface area contributed by atoms with E-state index in [1.165, 1.54) is 17.7 Å². The molecule has 1 aliphatic heterocycles. The fourth-order valence-corrected chi connectivity index (χ4v) is 3.41. The molecule has 5 nitrogen and oxygen atoms in total. The summed E-state index contributed by atoms with van der Waals surface area (Å²) >= 11 is 0. The van der Waals surface area contributed by atoms with Crippen LogP contribution in [0.4, 0.5) is 0 Å². The minimum absolute atomic E-state index is 0.341. The van der Waals surface area contributed by atoms with E-state index >= 15 is 0 Å². The van der Waals surface area contributed by atoms with Gasteiger partial charge < -0.3 is 4.74 Å². The monoisotopic (exact) mass is 297 g/mol. The van der Waals surface area contributed by atoms with Crippen LogP contribution >= 0.6 is 0 Å². The summed E-state index contributed by atoms with van der Waals surface area (Å²) in [5.74, 6) is -0.00521. The Kier molecular flexibility index (Phi) is 4.45. The molecule has 20 heavy (non-hydrogen) atoms. The second-order valence-corrected chi connectivity index (χ2v) is 7.15. The Bertz CT molecular complexity index is 580. The van der Waals surface area contributed by atoms with E-state index in [1.807, 2.05) is 12.1 Å². The summed E-state index contributed by atoms with van der Waals surface area (Å²) in [5.41, 5.74) is 1.64. The fraction of sp³-hybridized carbons (Fsp3) is 0.500. The molecule has 0 spiro atoms. The predicted octanol–water partition coefficient (Wildman–Crippen LogP) is 1.30. The number of methoxy groups -OCH3 is 1. The van der Waals surface area contributed by atoms with Crippen molar-refractivity contribution in [2.75, 3.05) is 26.5 Å². The molecular weight excluding hydrogens is 278 g/mol. The average Bonchev–Trinajstić information content (AvgIpc) is 2.87. The fourth-order valence-electron chi connectivity index (χ4n) is 2.49. The molecule has 1 heterocycles. The van der Waals surface area contributed by atoms with Crippen LogP contribution in [0.1, 0.15) is 22.3 Å². The first-order chi connectivity index (χ1) is 9.40. The molecule has 1 atom stereocenters. The molecule has 1 aromatic carbocycles. The molecule has 1 aromatic rings. The minimum atomic E-state index is -3.08. The zero-order chi connectivity index (χ0) is 14.8. The number of sulfonamides is 1. The van der Waals surface area contributed by atoms with E-state index in [0.29, 0.717) is 24.6 Å². The second-order valence-electron chi connectivity index (χ2n) is 5.17. The molecule has 0 aliphatic carbocycles. The number of hydrogen-bond acceptors (Lipinski definition) is 4. The van der Waals surface area contributed by atoms with Crippen LogP contribution in [0, 0.1) is 5.92 Å². The maximum absolute atomic E-state index is 11.5. The van der Waals surface area contributed by atoms with Crippen molar-refractivity contribution in [3.8, 4) is 0 Å². The molecule has 1 saturated heterocycles. The third kappa shape index (κ3) is 3.58. The maximum atomic E-state index is 11.5. The first kappa shape index (κ1) is 15.0. The van der Waals surface area contributed by atoms with E-state index in [-0.39, 0.29) is 5.97 Å². The van der Waals surface area contributed by atoms with Crippen molar-refractivity contribution in [2.45, 2.75) is 12.8 Å². The van der Waals surface area contributed by atoms with E-state index in [1.54, 1.807) is 12.1 Å². The Labute approximate surface area is 119 Å². The van der Waals surface area contributed by atoms with Gasteiger partial charge in [0.2, 0.25) is 10.0 Å². The van der Waals surface area contributed by atoms with Crippen LogP contribution in [-0.2, 0) is 21.2 Å². The summed E-state index contributed by atoms with van der Waals surface area (Å²) in [6.07, 6.45) is 2.96. The minimum Gasteiger partial charge on any atom is -0.465 e. The number of esters is 1. The molecule has 1 unspecified atom stereocenters. The van der Waals surface area contributed by atoms with E-state index in [2.05, 4.69) is 4.74 Å². The lowest BCUT2D eigenvalue weighted by atomic mass is 9.98. The molecule has 110 valence electrons. The summed E-state index contributed by atoms with van der Waals surface area (Å²) in [7, 11) is -1.72. The average molecular weight is 297 g/mol. The van der Waals surface area contributed by atoms with Crippen LogP contribution in [-0.4, -0.2) is 45.1 Å². The van der Waals surface area contributed by atoms with Crippen molar-refractivity contribution >= 4 is 16.0 Å². The Morgan fingerprint density at radius 2 is 2.00 bits per heavy atom. The smallest absolute Gasteiger partial charge is 0.337 e. The Morgan fingerprint density at radius 1 is 1.35 bits per heavy atom. The normalized spacial score (nSPS) is 20.0. The molecule has 2 rings (SSSR count). The number of ether oxygens (including phenoxy) is 1. The van der Waals surface area contributed by atoms with Gasteiger partial charge in [-0.05, 0) is 36.5 Å². The molecule has 0 bridgehead atoms. The van der Waals surface area contributed by atoms with Gasteiger partial charge in [0.1, 0.15) is 0 Å². The Morgan fingerprint density at radius 3 is 2.50 bits per heavy atom. The molecule has 1 fully saturated rings. The van der Waals surface area contributed by atoms with Crippen molar-refractivity contribution in [2.24, 2.45) is 5.92 Å². The molecule has 1 aliphatic rings. The Balaban J connectivity index is 1.96. The van der Waals surface area contributed by atoms with Crippen LogP contribution in [0.2, 0.25) is 0 Å². The zero-order valence-electron chi connectivity index (χ0n) is 11.7. The van der Waals surface area contributed by atoms with Crippen LogP contribution in [0.15, 0.2) is 24.3 Å². The van der Waals surface area contributed by atoms with Crippen molar-refractivity contribution in [3.05, 3.63) is 35.4 Å². The SMILES string of the molecule is COC(=O)c1ccc(CC2CCN(S(C)(=O)=O)C2)cc1. The molecular formula is C14H19NO4S. The highest BCUT2D eigenvalue weighted by Gasteiger charge is 2.28. The highest BCUT2D eigenvalue weighted by Crippen LogP contribution is 2.22. The van der Waals surface area contributed by atoms with Crippen LogP contribution in [0.25, 0.3) is 0 Å². The molecule has 6 heteroatoms. The lowest BCUT2D eigenvalue weighted by Crippen LogP contribution is -2.27. The number of rotatable bonds is 4. The van der Waals surface area contributed by atoms with E-state index < -0.39 is 10.0 Å². The van der Waals surface area contributed by atoms with E-state index in [4.69, 9.17) is 0 Å². The summed E-state index contributed by atoms with van der Waals surface area (Å²) in [6.45, 7) is 1.18. The van der Waals surface area contributed by atoms with Crippen LogP contribution < -0.4 is 0 Å². The Hall–Kier alpha value is -1.40. The highest BCUT2D eigenvalue weighted by atomic mass is 32.2. The van der Waals surface area contributed by atoms with Gasteiger partial charge in [0.15, 0.2) is 0 Å². The second kappa shape index (κ2) is 5.93. The highest BCUT2D eigenvalue weighted by molar-refractivity contribution is 7.88. The number of nitrogens with zero attached hydrogens (tertiary/aromatic N) is 1. The van der Waals surface area contributed by atoms with Gasteiger partial charge in [-0.15, -0.1) is 0 Å². The molecule has 0 radical (unpaired) electrons. The number of hydrogen-bond donors (Lipinski definition) is 0. The quantitative estimate of drug-likeness (QED) is 0.786. The first-order valence-corrected chi connectivity index (χ1v) is 8.37. The van der Waals surface area contributed by atoms with Gasteiger partial charge in [-0.1, -0.05) is 12.1 Å². The number of benzene rings is 1. The van der Waals surface area contributed by atoms with Gasteiger partial charge in [0, 0.05) is 13.1 Å². The maximum Gasteiger partial charge on any atom is 0.337 e. The summed E-state index contributed by atoms with van der Waals surface area (Å²) in [4.78, 5) is 11.3. The van der Waals surface area contributed by atoms with Gasteiger partial charge in [-0.3, -0.25) is 0 Å². The van der Waals surface area contributed by atoms with Gasteiger partial charge in [0.25, 0.3) is 0 Å². The number of carbonyl (C=O) groups excluding carboxylic acids is 1. The van der Waals surface area contributed by atoms with Gasteiger partial charge in [-0.2, -0.15) is 0 Å². The van der Waals surface area contributed by atoms with Crippen LogP contribution in [0.3, 0.4) is 0 Å². The predicted molar refractivity (Wildman–Crippen MR) is 76.0 cm³/mol. The van der Waals surface area contributed by atoms with Crippen LogP contribution in [0.5, 0.6) is 0 Å². The molecule has 0 amide bonds. The van der Waals surface area contributed by atoms with Crippen molar-refractivity contribution in [1.82, 2.24) is 4.31 Å². The van der Waals surface area contributed by atoms with Crippen molar-refractivity contribution in [3.63, 3.8) is 0 Å².